The van der Waals surface area contributed by atoms with Crippen molar-refractivity contribution >= 4 is 11.9 Å². The Balaban J connectivity index is 2.21. The monoisotopic (exact) mass is 174 g/mol. The Morgan fingerprint density at radius 3 is 2.54 bits per heavy atom. The topological polar surface area (TPSA) is 29.6 Å². The molecule has 0 aromatic heterocycles. The van der Waals surface area contributed by atoms with Gasteiger partial charge < -0.3 is 4.74 Å². The highest BCUT2D eigenvalue weighted by Crippen LogP contribution is 2.16. The molecule has 0 bridgehead atoms. The predicted molar refractivity (Wildman–Crippen MR) is 50.6 cm³/mol. The Labute approximate surface area is 76.8 Å². The van der Waals surface area contributed by atoms with Crippen LogP contribution in [0.5, 0.6) is 0 Å². The first-order chi connectivity index (χ1) is 6.31. The summed E-state index contributed by atoms with van der Waals surface area (Å²) in [6.07, 6.45) is 1.57. The highest BCUT2D eigenvalue weighted by molar-refractivity contribution is 6.00. The summed E-state index contributed by atoms with van der Waals surface area (Å²) < 4.78 is 4.91. The molecular formula is C11H10O2. The van der Waals surface area contributed by atoms with Crippen LogP contribution in [0.4, 0.5) is 0 Å². The Hall–Kier alpha value is -1.41. The van der Waals surface area contributed by atoms with Crippen LogP contribution in [0.15, 0.2) is 30.8 Å². The molecule has 0 N–H and O–H groups in total. The van der Waals surface area contributed by atoms with Crippen molar-refractivity contribution in [3.05, 3.63) is 42.0 Å². The van der Waals surface area contributed by atoms with E-state index < -0.39 is 0 Å². The van der Waals surface area contributed by atoms with E-state index in [0.29, 0.717) is 12.2 Å². The van der Waals surface area contributed by atoms with Gasteiger partial charge in [-0.1, -0.05) is 36.9 Å². The smallest absolute Gasteiger partial charge is 0.193 e. The number of Topliss-reactive ketones (excluding diaryl/α,β-unsaturated/α-hetero) is 1. The third-order valence-corrected chi connectivity index (χ3v) is 2.06. The summed E-state index contributed by atoms with van der Waals surface area (Å²) in [5, 5.41) is 0. The van der Waals surface area contributed by atoms with E-state index in [4.69, 9.17) is 4.74 Å². The highest BCUT2D eigenvalue weighted by atomic mass is 16.6. The van der Waals surface area contributed by atoms with Crippen LogP contribution in [0, 0.1) is 0 Å². The Morgan fingerprint density at radius 2 is 2.08 bits per heavy atom. The number of hydrogen-bond acceptors (Lipinski definition) is 2. The molecule has 2 nitrogen and oxygen atoms in total. The lowest BCUT2D eigenvalue weighted by atomic mass is 10.1. The number of ether oxygens (including phenoxy) is 1. The van der Waals surface area contributed by atoms with Gasteiger partial charge in [0.15, 0.2) is 5.78 Å². The lowest BCUT2D eigenvalue weighted by Crippen LogP contribution is -2.06. The number of rotatable bonds is 3. The van der Waals surface area contributed by atoms with E-state index in [-0.39, 0.29) is 11.9 Å². The molecule has 66 valence electrons. The van der Waals surface area contributed by atoms with Gasteiger partial charge in [-0.3, -0.25) is 4.79 Å². The second-order valence-corrected chi connectivity index (χ2v) is 3.01. The van der Waals surface area contributed by atoms with Crippen LogP contribution in [-0.2, 0) is 4.74 Å². The van der Waals surface area contributed by atoms with Crippen LogP contribution in [0.3, 0.4) is 0 Å². The van der Waals surface area contributed by atoms with Crippen molar-refractivity contribution in [3.8, 4) is 0 Å². The Kier molecular flexibility index (Phi) is 1.99. The Morgan fingerprint density at radius 1 is 1.46 bits per heavy atom. The molecule has 0 saturated carbocycles. The maximum atomic E-state index is 11.5. The minimum Gasteiger partial charge on any atom is -0.364 e. The Bertz CT molecular complexity index is 334. The fourth-order valence-electron chi connectivity index (χ4n) is 1.17. The molecule has 1 aliphatic rings. The fraction of sp³-hybridized carbons (Fsp3) is 0.182. The van der Waals surface area contributed by atoms with Crippen molar-refractivity contribution in [2.24, 2.45) is 0 Å². The summed E-state index contributed by atoms with van der Waals surface area (Å²) in [5.41, 5.74) is 1.74. The SMILES string of the molecule is C=Cc1ccc(C(=O)C2CO2)cc1. The van der Waals surface area contributed by atoms with E-state index in [0.717, 1.165) is 5.56 Å². The largest absolute Gasteiger partial charge is 0.364 e. The van der Waals surface area contributed by atoms with Crippen LogP contribution in [0.1, 0.15) is 15.9 Å². The molecule has 1 unspecified atom stereocenters. The summed E-state index contributed by atoms with van der Waals surface area (Å²) in [7, 11) is 0. The zero-order valence-electron chi connectivity index (χ0n) is 7.19. The standard InChI is InChI=1S/C11H10O2/c1-2-8-3-5-9(6-4-8)11(12)10-7-13-10/h2-6,10H,1,7H2. The summed E-state index contributed by atoms with van der Waals surface area (Å²) in [5.74, 6) is 0.0793. The molecule has 1 fully saturated rings. The van der Waals surface area contributed by atoms with E-state index in [1.807, 2.05) is 12.1 Å². The second-order valence-electron chi connectivity index (χ2n) is 3.01. The summed E-state index contributed by atoms with van der Waals surface area (Å²) in [6.45, 7) is 4.21. The van der Waals surface area contributed by atoms with Crippen LogP contribution in [0.25, 0.3) is 6.08 Å². The number of hydrogen-bond donors (Lipinski definition) is 0. The number of ketones is 1. The number of epoxide rings is 1. The molecule has 1 saturated heterocycles. The molecular weight excluding hydrogens is 164 g/mol. The maximum Gasteiger partial charge on any atom is 0.193 e. The van der Waals surface area contributed by atoms with Gasteiger partial charge in [0, 0.05) is 5.56 Å². The second kappa shape index (κ2) is 3.15. The van der Waals surface area contributed by atoms with Crippen molar-refractivity contribution in [2.45, 2.75) is 6.10 Å². The predicted octanol–water partition coefficient (Wildman–Crippen LogP) is 1.91. The molecule has 0 spiro atoms. The van der Waals surface area contributed by atoms with E-state index >= 15 is 0 Å². The van der Waals surface area contributed by atoms with Gasteiger partial charge in [-0.15, -0.1) is 0 Å². The van der Waals surface area contributed by atoms with Gasteiger partial charge in [0.05, 0.1) is 6.61 Å². The van der Waals surface area contributed by atoms with Crippen LogP contribution in [0.2, 0.25) is 0 Å². The third-order valence-electron chi connectivity index (χ3n) is 2.06. The minimum absolute atomic E-state index is 0.0793. The number of carbonyl (C=O) groups excluding carboxylic acids is 1. The molecule has 1 aromatic carbocycles. The first-order valence-corrected chi connectivity index (χ1v) is 4.19. The van der Waals surface area contributed by atoms with Crippen LogP contribution < -0.4 is 0 Å². The molecule has 2 rings (SSSR count). The van der Waals surface area contributed by atoms with E-state index in [1.165, 1.54) is 0 Å². The average Bonchev–Trinajstić information content (AvgIpc) is 3.00. The molecule has 1 heterocycles. The molecule has 0 aliphatic carbocycles. The molecule has 1 aliphatic heterocycles. The molecule has 0 amide bonds. The van der Waals surface area contributed by atoms with Crippen LogP contribution in [-0.4, -0.2) is 18.5 Å². The molecule has 1 atom stereocenters. The van der Waals surface area contributed by atoms with Crippen molar-refractivity contribution in [1.29, 1.82) is 0 Å². The fourth-order valence-corrected chi connectivity index (χ4v) is 1.17. The normalized spacial score (nSPS) is 19.5. The minimum atomic E-state index is -0.186. The summed E-state index contributed by atoms with van der Waals surface area (Å²) in [4.78, 5) is 11.5. The van der Waals surface area contributed by atoms with Gasteiger partial charge in [-0.2, -0.15) is 0 Å². The van der Waals surface area contributed by atoms with E-state index in [2.05, 4.69) is 6.58 Å². The average molecular weight is 174 g/mol. The van der Waals surface area contributed by atoms with Gasteiger partial charge in [-0.25, -0.2) is 0 Å². The zero-order chi connectivity index (χ0) is 9.26. The quantitative estimate of drug-likeness (QED) is 0.517. The van der Waals surface area contributed by atoms with Crippen molar-refractivity contribution in [3.63, 3.8) is 0 Å². The first kappa shape index (κ1) is 8.20. The van der Waals surface area contributed by atoms with Gasteiger partial charge >= 0.3 is 0 Å². The molecule has 13 heavy (non-hydrogen) atoms. The zero-order valence-corrected chi connectivity index (χ0v) is 7.19. The maximum absolute atomic E-state index is 11.5. The lowest BCUT2D eigenvalue weighted by Gasteiger charge is -1.97. The van der Waals surface area contributed by atoms with Crippen molar-refractivity contribution in [2.75, 3.05) is 6.61 Å². The molecule has 2 heteroatoms. The van der Waals surface area contributed by atoms with Gasteiger partial charge in [0.2, 0.25) is 0 Å². The number of benzene rings is 1. The first-order valence-electron chi connectivity index (χ1n) is 4.19. The molecule has 0 radical (unpaired) electrons. The molecule has 1 aromatic rings. The van der Waals surface area contributed by atoms with Gasteiger partial charge in [-0.05, 0) is 5.56 Å². The lowest BCUT2D eigenvalue weighted by molar-refractivity contribution is 0.0953. The number of carbonyl (C=O) groups is 1. The van der Waals surface area contributed by atoms with Crippen molar-refractivity contribution in [1.82, 2.24) is 0 Å². The van der Waals surface area contributed by atoms with Crippen molar-refractivity contribution < 1.29 is 9.53 Å². The van der Waals surface area contributed by atoms with E-state index in [9.17, 15) is 4.79 Å². The van der Waals surface area contributed by atoms with E-state index in [1.54, 1.807) is 18.2 Å². The van der Waals surface area contributed by atoms with Gasteiger partial charge in [0.25, 0.3) is 0 Å². The third kappa shape index (κ3) is 1.68. The van der Waals surface area contributed by atoms with Gasteiger partial charge in [0.1, 0.15) is 6.10 Å². The highest BCUT2D eigenvalue weighted by Gasteiger charge is 2.31. The summed E-state index contributed by atoms with van der Waals surface area (Å²) in [6, 6.07) is 7.37. The van der Waals surface area contributed by atoms with Crippen LogP contribution >= 0.6 is 0 Å². The summed E-state index contributed by atoms with van der Waals surface area (Å²) >= 11 is 0.